The van der Waals surface area contributed by atoms with Crippen LogP contribution >= 0.6 is 0 Å². The number of likely N-dealkylation sites (tertiary alicyclic amines) is 1. The minimum atomic E-state index is -0.0331. The van der Waals surface area contributed by atoms with Gasteiger partial charge in [-0.3, -0.25) is 9.59 Å². The Balaban J connectivity index is 1.80. The summed E-state index contributed by atoms with van der Waals surface area (Å²) in [6.07, 6.45) is 9.50. The van der Waals surface area contributed by atoms with Crippen LogP contribution in [0.25, 0.3) is 0 Å². The summed E-state index contributed by atoms with van der Waals surface area (Å²) in [5.74, 6) is 0.0835. The number of nitrogens with one attached hydrogen (secondary N) is 1. The van der Waals surface area contributed by atoms with Crippen molar-refractivity contribution in [2.24, 2.45) is 0 Å². The molecule has 4 nitrogen and oxygen atoms in total. The van der Waals surface area contributed by atoms with E-state index >= 15 is 0 Å². The Labute approximate surface area is 115 Å². The molecule has 1 saturated heterocycles. The van der Waals surface area contributed by atoms with Crippen LogP contribution in [0.15, 0.2) is 11.6 Å². The van der Waals surface area contributed by atoms with E-state index in [1.54, 1.807) is 4.90 Å². The Kier molecular flexibility index (Phi) is 5.00. The van der Waals surface area contributed by atoms with Gasteiger partial charge in [0.2, 0.25) is 11.8 Å². The molecule has 1 fully saturated rings. The van der Waals surface area contributed by atoms with Gasteiger partial charge in [-0.15, -0.1) is 0 Å². The number of rotatable bonds is 4. The van der Waals surface area contributed by atoms with Crippen LogP contribution in [0.2, 0.25) is 0 Å². The van der Waals surface area contributed by atoms with Crippen molar-refractivity contribution in [3.63, 3.8) is 0 Å². The van der Waals surface area contributed by atoms with Gasteiger partial charge in [-0.25, -0.2) is 0 Å². The van der Waals surface area contributed by atoms with E-state index in [9.17, 15) is 9.59 Å². The van der Waals surface area contributed by atoms with E-state index in [1.807, 2.05) is 6.92 Å². The highest BCUT2D eigenvalue weighted by atomic mass is 16.2. The van der Waals surface area contributed by atoms with Crippen LogP contribution in [0.1, 0.15) is 51.9 Å². The SMILES string of the molecule is CC(NC(=O)CN1CCCCC1=O)C1=CCCCC1. The zero-order valence-electron chi connectivity index (χ0n) is 11.8. The normalized spacial score (nSPS) is 21.8. The van der Waals surface area contributed by atoms with Gasteiger partial charge in [0.05, 0.1) is 6.54 Å². The topological polar surface area (TPSA) is 49.4 Å². The van der Waals surface area contributed by atoms with Crippen molar-refractivity contribution in [2.75, 3.05) is 13.1 Å². The third-order valence-corrected chi connectivity index (χ3v) is 4.02. The number of hydrogen-bond donors (Lipinski definition) is 1. The second kappa shape index (κ2) is 6.73. The Morgan fingerprint density at radius 1 is 1.32 bits per heavy atom. The van der Waals surface area contributed by atoms with Gasteiger partial charge in [-0.1, -0.05) is 11.6 Å². The van der Waals surface area contributed by atoms with Crippen LogP contribution in [-0.4, -0.2) is 35.8 Å². The van der Waals surface area contributed by atoms with Gasteiger partial charge in [0.15, 0.2) is 0 Å². The first-order valence-electron chi connectivity index (χ1n) is 7.43. The Hall–Kier alpha value is -1.32. The van der Waals surface area contributed by atoms with Crippen molar-refractivity contribution >= 4 is 11.8 Å². The predicted octanol–water partition coefficient (Wildman–Crippen LogP) is 2.00. The summed E-state index contributed by atoms with van der Waals surface area (Å²) in [5, 5.41) is 3.02. The Morgan fingerprint density at radius 2 is 2.11 bits per heavy atom. The van der Waals surface area contributed by atoms with Crippen LogP contribution < -0.4 is 5.32 Å². The fourth-order valence-electron chi connectivity index (χ4n) is 2.84. The van der Waals surface area contributed by atoms with E-state index in [-0.39, 0.29) is 24.4 Å². The van der Waals surface area contributed by atoms with Crippen molar-refractivity contribution < 1.29 is 9.59 Å². The van der Waals surface area contributed by atoms with E-state index < -0.39 is 0 Å². The lowest BCUT2D eigenvalue weighted by atomic mass is 9.95. The minimum absolute atomic E-state index is 0.0331. The fourth-order valence-corrected chi connectivity index (χ4v) is 2.84. The number of hydrogen-bond acceptors (Lipinski definition) is 2. The lowest BCUT2D eigenvalue weighted by molar-refractivity contribution is -0.137. The summed E-state index contributed by atoms with van der Waals surface area (Å²) in [7, 11) is 0. The third kappa shape index (κ3) is 4.08. The van der Waals surface area contributed by atoms with Gasteiger partial charge in [-0.05, 0) is 45.4 Å². The molecule has 1 heterocycles. The van der Waals surface area contributed by atoms with E-state index in [4.69, 9.17) is 0 Å². The van der Waals surface area contributed by atoms with Gasteiger partial charge in [0.25, 0.3) is 0 Å². The highest BCUT2D eigenvalue weighted by Crippen LogP contribution is 2.20. The van der Waals surface area contributed by atoms with Crippen LogP contribution in [0.5, 0.6) is 0 Å². The van der Waals surface area contributed by atoms with Gasteiger partial charge >= 0.3 is 0 Å². The summed E-state index contributed by atoms with van der Waals surface area (Å²) < 4.78 is 0. The van der Waals surface area contributed by atoms with Crippen molar-refractivity contribution in [2.45, 2.75) is 57.9 Å². The van der Waals surface area contributed by atoms with Gasteiger partial charge in [0.1, 0.15) is 0 Å². The molecule has 2 amide bonds. The first-order valence-corrected chi connectivity index (χ1v) is 7.43. The molecule has 1 unspecified atom stereocenters. The average Bonchev–Trinajstić information content (AvgIpc) is 2.42. The smallest absolute Gasteiger partial charge is 0.240 e. The van der Waals surface area contributed by atoms with Gasteiger partial charge in [-0.2, -0.15) is 0 Å². The van der Waals surface area contributed by atoms with Crippen LogP contribution in [0, 0.1) is 0 Å². The third-order valence-electron chi connectivity index (χ3n) is 4.02. The van der Waals surface area contributed by atoms with E-state index in [0.717, 1.165) is 32.2 Å². The Bertz CT molecular complexity index is 376. The molecule has 1 aliphatic carbocycles. The summed E-state index contributed by atoms with van der Waals surface area (Å²) in [4.78, 5) is 25.3. The average molecular weight is 264 g/mol. The molecule has 2 rings (SSSR count). The first-order chi connectivity index (χ1) is 9.16. The van der Waals surface area contributed by atoms with E-state index in [2.05, 4.69) is 11.4 Å². The van der Waals surface area contributed by atoms with E-state index in [1.165, 1.54) is 18.4 Å². The zero-order valence-corrected chi connectivity index (χ0v) is 11.8. The number of carbonyl (C=O) groups excluding carboxylic acids is 2. The number of allylic oxidation sites excluding steroid dienone is 1. The largest absolute Gasteiger partial charge is 0.348 e. The molecule has 2 aliphatic rings. The van der Waals surface area contributed by atoms with Crippen molar-refractivity contribution in [1.29, 1.82) is 0 Å². The summed E-state index contributed by atoms with van der Waals surface area (Å²) in [6, 6.07) is 0.104. The van der Waals surface area contributed by atoms with Gasteiger partial charge < -0.3 is 10.2 Å². The highest BCUT2D eigenvalue weighted by molar-refractivity contribution is 5.85. The van der Waals surface area contributed by atoms with E-state index in [0.29, 0.717) is 6.42 Å². The molecule has 0 aromatic heterocycles. The van der Waals surface area contributed by atoms with Crippen LogP contribution in [-0.2, 0) is 9.59 Å². The summed E-state index contributed by atoms with van der Waals surface area (Å²) in [6.45, 7) is 2.98. The molecular formula is C15H24N2O2. The molecule has 19 heavy (non-hydrogen) atoms. The monoisotopic (exact) mass is 264 g/mol. The van der Waals surface area contributed by atoms with Crippen LogP contribution in [0.3, 0.4) is 0 Å². The highest BCUT2D eigenvalue weighted by Gasteiger charge is 2.21. The Morgan fingerprint density at radius 3 is 2.79 bits per heavy atom. The molecule has 106 valence electrons. The second-order valence-corrected chi connectivity index (χ2v) is 5.59. The summed E-state index contributed by atoms with van der Waals surface area (Å²) >= 11 is 0. The maximum Gasteiger partial charge on any atom is 0.240 e. The maximum atomic E-state index is 12.0. The number of amides is 2. The molecule has 0 bridgehead atoms. The standard InChI is InChI=1S/C15H24N2O2/c1-12(13-7-3-2-4-8-13)16-14(18)11-17-10-6-5-9-15(17)19/h7,12H,2-6,8-11H2,1H3,(H,16,18). The predicted molar refractivity (Wildman–Crippen MR) is 74.6 cm³/mol. The molecule has 0 aromatic rings. The molecule has 0 aromatic carbocycles. The van der Waals surface area contributed by atoms with Gasteiger partial charge in [0, 0.05) is 19.0 Å². The maximum absolute atomic E-state index is 12.0. The molecule has 1 N–H and O–H groups in total. The van der Waals surface area contributed by atoms with Crippen LogP contribution in [0.4, 0.5) is 0 Å². The molecule has 0 spiro atoms. The lowest BCUT2D eigenvalue weighted by Crippen LogP contribution is -2.45. The van der Waals surface area contributed by atoms with Crippen molar-refractivity contribution in [3.05, 3.63) is 11.6 Å². The number of carbonyl (C=O) groups is 2. The summed E-state index contributed by atoms with van der Waals surface area (Å²) in [5.41, 5.74) is 1.34. The molecule has 0 radical (unpaired) electrons. The molecule has 1 aliphatic heterocycles. The number of nitrogens with zero attached hydrogens (tertiary/aromatic N) is 1. The number of piperidine rings is 1. The molecule has 0 saturated carbocycles. The lowest BCUT2D eigenvalue weighted by Gasteiger charge is -2.27. The molecule has 1 atom stereocenters. The second-order valence-electron chi connectivity index (χ2n) is 5.59. The molecule has 4 heteroatoms. The fraction of sp³-hybridized carbons (Fsp3) is 0.733. The quantitative estimate of drug-likeness (QED) is 0.790. The van der Waals surface area contributed by atoms with Crippen molar-refractivity contribution in [1.82, 2.24) is 10.2 Å². The minimum Gasteiger partial charge on any atom is -0.348 e. The zero-order chi connectivity index (χ0) is 13.7. The first kappa shape index (κ1) is 14.1. The van der Waals surface area contributed by atoms with Crippen molar-refractivity contribution in [3.8, 4) is 0 Å². The molecular weight excluding hydrogens is 240 g/mol.